The molecule has 1 saturated heterocycles. The van der Waals surface area contributed by atoms with Crippen molar-refractivity contribution in [1.82, 2.24) is 25.1 Å². The highest BCUT2D eigenvalue weighted by Gasteiger charge is 2.35. The lowest BCUT2D eigenvalue weighted by molar-refractivity contribution is -0.138. The van der Waals surface area contributed by atoms with Crippen LogP contribution in [0.1, 0.15) is 61.1 Å². The van der Waals surface area contributed by atoms with Gasteiger partial charge in [0.2, 0.25) is 5.91 Å². The van der Waals surface area contributed by atoms with Crippen LogP contribution in [-0.2, 0) is 14.3 Å². The summed E-state index contributed by atoms with van der Waals surface area (Å²) in [5.41, 5.74) is 2.09. The average molecular weight is 566 g/mol. The fourth-order valence-electron chi connectivity index (χ4n) is 4.57. The van der Waals surface area contributed by atoms with Crippen LogP contribution in [0.15, 0.2) is 48.2 Å². The number of carboxylic acids is 1. The summed E-state index contributed by atoms with van der Waals surface area (Å²) >= 11 is 0. The van der Waals surface area contributed by atoms with Gasteiger partial charge in [-0.05, 0) is 30.9 Å². The number of aliphatic hydroxyl groups excluding tert-OH is 1. The van der Waals surface area contributed by atoms with Gasteiger partial charge in [-0.2, -0.15) is 0 Å². The predicted octanol–water partition coefficient (Wildman–Crippen LogP) is 3.12. The lowest BCUT2D eigenvalue weighted by Crippen LogP contribution is -2.56. The number of amides is 3. The van der Waals surface area contributed by atoms with Gasteiger partial charge >= 0.3 is 12.1 Å². The first-order valence-corrected chi connectivity index (χ1v) is 13.8. The molecule has 1 saturated carbocycles. The number of nitrogens with zero attached hydrogens (tertiary/aromatic N) is 4. The summed E-state index contributed by atoms with van der Waals surface area (Å²) in [6, 6.07) is 9.56. The van der Waals surface area contributed by atoms with E-state index in [2.05, 4.69) is 15.3 Å². The Balaban J connectivity index is 1.49. The highest BCUT2D eigenvalue weighted by molar-refractivity contribution is 5.96. The Bertz CT molecular complexity index is 1290. The summed E-state index contributed by atoms with van der Waals surface area (Å²) < 4.78 is 5.25. The van der Waals surface area contributed by atoms with Crippen molar-refractivity contribution in [3.05, 3.63) is 59.6 Å². The fourth-order valence-corrected chi connectivity index (χ4v) is 4.57. The summed E-state index contributed by atoms with van der Waals surface area (Å²) in [7, 11) is 0. The number of piperazine rings is 1. The highest BCUT2D eigenvalue weighted by atomic mass is 16.6. The number of hydrogen-bond donors (Lipinski definition) is 3. The number of unbranched alkanes of at least 4 members (excludes halogenated alkanes) is 1. The van der Waals surface area contributed by atoms with Crippen LogP contribution < -0.4 is 5.32 Å². The Labute approximate surface area is 238 Å². The Morgan fingerprint density at radius 3 is 2.44 bits per heavy atom. The minimum Gasteiger partial charge on any atom is -0.516 e. The van der Waals surface area contributed by atoms with E-state index in [1.165, 1.54) is 15.9 Å². The van der Waals surface area contributed by atoms with Gasteiger partial charge in [-0.3, -0.25) is 14.4 Å². The Morgan fingerprint density at radius 2 is 1.80 bits per heavy atom. The van der Waals surface area contributed by atoms with Crippen molar-refractivity contribution in [2.75, 3.05) is 32.8 Å². The van der Waals surface area contributed by atoms with Crippen molar-refractivity contribution >= 4 is 23.9 Å². The first kappa shape index (κ1) is 29.5. The van der Waals surface area contributed by atoms with E-state index in [-0.39, 0.29) is 50.6 Å². The van der Waals surface area contributed by atoms with E-state index in [1.54, 1.807) is 0 Å². The van der Waals surface area contributed by atoms with E-state index in [9.17, 15) is 29.4 Å². The quantitative estimate of drug-likeness (QED) is 0.274. The number of aromatic nitrogens is 2. The van der Waals surface area contributed by atoms with Crippen LogP contribution in [0.2, 0.25) is 0 Å². The highest BCUT2D eigenvalue weighted by Crippen LogP contribution is 2.46. The van der Waals surface area contributed by atoms with E-state index in [0.717, 1.165) is 24.7 Å². The summed E-state index contributed by atoms with van der Waals surface area (Å²) in [6.45, 7) is 3.35. The van der Waals surface area contributed by atoms with Gasteiger partial charge < -0.3 is 30.1 Å². The molecule has 2 aromatic rings. The number of aliphatic hydroxyl groups is 1. The molecular weight excluding hydrogens is 530 g/mol. The number of aliphatic carboxylic acids is 1. The summed E-state index contributed by atoms with van der Waals surface area (Å²) in [4.78, 5) is 62.5. The first-order valence-electron chi connectivity index (χ1n) is 13.8. The molecule has 0 spiro atoms. The van der Waals surface area contributed by atoms with Crippen LogP contribution in [0.5, 0.6) is 0 Å². The molecule has 12 heteroatoms. The van der Waals surface area contributed by atoms with Crippen molar-refractivity contribution in [3.63, 3.8) is 0 Å². The van der Waals surface area contributed by atoms with Crippen LogP contribution in [0, 0.1) is 0 Å². The SMILES string of the molecule is CCCCOC(=O)N1CCN(C(=O)[C@H](CCC(=O)O)NC(=O)c2cc([C@H]3CC3=CO)nc(-c3ccccc3)n2)CC1. The third-order valence-electron chi connectivity index (χ3n) is 7.08. The number of carbonyl (C=O) groups excluding carboxylic acids is 3. The van der Waals surface area contributed by atoms with E-state index in [4.69, 9.17) is 4.74 Å². The van der Waals surface area contributed by atoms with Gasteiger partial charge in [-0.25, -0.2) is 14.8 Å². The van der Waals surface area contributed by atoms with Gasteiger partial charge in [0.1, 0.15) is 11.7 Å². The predicted molar refractivity (Wildman–Crippen MR) is 148 cm³/mol. The zero-order valence-corrected chi connectivity index (χ0v) is 23.0. The van der Waals surface area contributed by atoms with Gasteiger partial charge in [-0.1, -0.05) is 43.7 Å². The second kappa shape index (κ2) is 13.7. The molecule has 1 aromatic carbocycles. The van der Waals surface area contributed by atoms with E-state index >= 15 is 0 Å². The fraction of sp³-hybridized carbons (Fsp3) is 0.448. The van der Waals surface area contributed by atoms with Crippen molar-refractivity contribution in [2.45, 2.75) is 51.0 Å². The number of benzene rings is 1. The van der Waals surface area contributed by atoms with Crippen LogP contribution in [0.4, 0.5) is 4.79 Å². The number of rotatable bonds is 11. The number of hydrogen-bond acceptors (Lipinski definition) is 8. The molecule has 2 heterocycles. The second-order valence-electron chi connectivity index (χ2n) is 10.1. The lowest BCUT2D eigenvalue weighted by atomic mass is 10.1. The molecule has 4 rings (SSSR count). The van der Waals surface area contributed by atoms with Gasteiger partial charge in [-0.15, -0.1) is 0 Å². The monoisotopic (exact) mass is 565 g/mol. The summed E-state index contributed by atoms with van der Waals surface area (Å²) in [6.07, 6.45) is 2.48. The molecule has 2 atom stereocenters. The van der Waals surface area contributed by atoms with Gasteiger partial charge in [0.05, 0.1) is 18.6 Å². The van der Waals surface area contributed by atoms with Gasteiger partial charge in [0, 0.05) is 44.1 Å². The molecule has 218 valence electrons. The maximum Gasteiger partial charge on any atom is 0.409 e. The average Bonchev–Trinajstić information content (AvgIpc) is 3.79. The number of carbonyl (C=O) groups is 4. The van der Waals surface area contributed by atoms with Gasteiger partial charge in [0.15, 0.2) is 5.82 Å². The van der Waals surface area contributed by atoms with Crippen LogP contribution in [0.25, 0.3) is 11.4 Å². The Morgan fingerprint density at radius 1 is 1.10 bits per heavy atom. The smallest absolute Gasteiger partial charge is 0.409 e. The summed E-state index contributed by atoms with van der Waals surface area (Å²) in [5.74, 6) is -1.96. The molecule has 3 N–H and O–H groups in total. The topological polar surface area (TPSA) is 162 Å². The van der Waals surface area contributed by atoms with E-state index < -0.39 is 29.9 Å². The standard InChI is InChI=1S/C29H35N5O7/c1-2-3-15-41-29(40)34-13-11-33(12-14-34)28(39)22(9-10-25(36)37)32-27(38)24-17-23(21-16-20(21)18-35)30-26(31-24)19-7-5-4-6-8-19/h4-8,17-18,21-22,35H,2-3,9-16H2,1H3,(H,32,38)(H,36,37)/t21-,22-/m0/s1. The first-order chi connectivity index (χ1) is 19.8. The molecule has 41 heavy (non-hydrogen) atoms. The molecule has 2 aliphatic rings. The molecule has 0 unspecified atom stereocenters. The molecule has 12 nitrogen and oxygen atoms in total. The third kappa shape index (κ3) is 7.80. The Kier molecular flexibility index (Phi) is 9.88. The molecule has 1 aromatic heterocycles. The van der Waals surface area contributed by atoms with Gasteiger partial charge in [0.25, 0.3) is 5.91 Å². The van der Waals surface area contributed by atoms with E-state index in [0.29, 0.717) is 30.1 Å². The third-order valence-corrected chi connectivity index (χ3v) is 7.08. The Hall–Kier alpha value is -4.48. The van der Waals surface area contributed by atoms with Crippen molar-refractivity contribution in [2.24, 2.45) is 0 Å². The van der Waals surface area contributed by atoms with Crippen LogP contribution in [-0.4, -0.2) is 92.7 Å². The normalized spacial score (nSPS) is 18.1. The molecular formula is C29H35N5O7. The number of ether oxygens (including phenoxy) is 1. The summed E-state index contributed by atoms with van der Waals surface area (Å²) in [5, 5.41) is 21.4. The molecule has 2 fully saturated rings. The molecule has 1 aliphatic carbocycles. The number of nitrogens with one attached hydrogen (secondary N) is 1. The molecule has 0 radical (unpaired) electrons. The van der Waals surface area contributed by atoms with Crippen molar-refractivity contribution < 1.29 is 34.1 Å². The molecule has 3 amide bonds. The van der Waals surface area contributed by atoms with Crippen LogP contribution in [0.3, 0.4) is 0 Å². The zero-order valence-electron chi connectivity index (χ0n) is 23.0. The largest absolute Gasteiger partial charge is 0.516 e. The van der Waals surface area contributed by atoms with Crippen molar-refractivity contribution in [3.8, 4) is 11.4 Å². The minimum atomic E-state index is -1.10. The van der Waals surface area contributed by atoms with Crippen LogP contribution >= 0.6 is 0 Å². The molecule has 0 bridgehead atoms. The maximum absolute atomic E-state index is 13.4. The lowest BCUT2D eigenvalue weighted by Gasteiger charge is -2.36. The second-order valence-corrected chi connectivity index (χ2v) is 10.1. The number of carboxylic acid groups (broad SMARTS) is 1. The van der Waals surface area contributed by atoms with Crippen molar-refractivity contribution in [1.29, 1.82) is 0 Å². The van der Waals surface area contributed by atoms with E-state index in [1.807, 2.05) is 37.3 Å². The zero-order chi connectivity index (χ0) is 29.4. The molecule has 1 aliphatic heterocycles. The maximum atomic E-state index is 13.4. The minimum absolute atomic E-state index is 0.0332. The number of allylic oxidation sites excluding steroid dienone is 1.